The van der Waals surface area contributed by atoms with Gasteiger partial charge in [-0.05, 0) is 56.9 Å². The standard InChI is InChI=1S/C23H28N4O2S2/c1-14-15(2)31-22-20(14)21(28)25-19(26-22)13-30-16(3)23(29)27-12-6-4-5-7-18(27)17-8-10-24-11-9-17/h8-11,16,18H,4-7,12-13H2,1-3H3,(H,25,26,28). The van der Waals surface area contributed by atoms with E-state index in [0.717, 1.165) is 53.1 Å². The Kier molecular flexibility index (Phi) is 6.77. The Morgan fingerprint density at radius 2 is 2.06 bits per heavy atom. The van der Waals surface area contributed by atoms with E-state index in [0.29, 0.717) is 17.0 Å². The van der Waals surface area contributed by atoms with E-state index in [-0.39, 0.29) is 22.8 Å². The molecule has 1 amide bonds. The molecule has 8 heteroatoms. The van der Waals surface area contributed by atoms with Gasteiger partial charge in [0.2, 0.25) is 5.91 Å². The molecule has 0 saturated carbocycles. The molecule has 1 aliphatic rings. The molecule has 4 heterocycles. The summed E-state index contributed by atoms with van der Waals surface area (Å²) in [4.78, 5) is 41.5. The van der Waals surface area contributed by atoms with E-state index < -0.39 is 0 Å². The zero-order valence-electron chi connectivity index (χ0n) is 18.2. The number of fused-ring (bicyclic) bond motifs is 1. The fraction of sp³-hybridized carbons (Fsp3) is 0.478. The Hall–Kier alpha value is -2.19. The molecule has 0 aromatic carbocycles. The van der Waals surface area contributed by atoms with Crippen molar-refractivity contribution in [1.82, 2.24) is 19.9 Å². The maximum Gasteiger partial charge on any atom is 0.259 e. The maximum atomic E-state index is 13.4. The van der Waals surface area contributed by atoms with Gasteiger partial charge < -0.3 is 9.88 Å². The lowest BCUT2D eigenvalue weighted by molar-refractivity contribution is -0.132. The minimum Gasteiger partial charge on any atom is -0.335 e. The first kappa shape index (κ1) is 22.0. The average molecular weight is 457 g/mol. The van der Waals surface area contributed by atoms with Crippen molar-refractivity contribution >= 4 is 39.2 Å². The van der Waals surface area contributed by atoms with Crippen LogP contribution < -0.4 is 5.56 Å². The van der Waals surface area contributed by atoms with Crippen LogP contribution in [0.4, 0.5) is 0 Å². The Balaban J connectivity index is 1.48. The number of H-pyrrole nitrogens is 1. The molecule has 1 fully saturated rings. The number of carbonyl (C=O) groups excluding carboxylic acids is 1. The summed E-state index contributed by atoms with van der Waals surface area (Å²) < 4.78 is 0. The van der Waals surface area contributed by atoms with Crippen molar-refractivity contribution in [3.63, 3.8) is 0 Å². The fourth-order valence-corrected chi connectivity index (χ4v) is 6.05. The average Bonchev–Trinajstić information content (AvgIpc) is 2.94. The molecular formula is C23H28N4O2S2. The minimum atomic E-state index is -0.213. The number of thioether (sulfide) groups is 1. The van der Waals surface area contributed by atoms with Gasteiger partial charge in [-0.1, -0.05) is 12.8 Å². The van der Waals surface area contributed by atoms with Crippen molar-refractivity contribution in [2.24, 2.45) is 0 Å². The van der Waals surface area contributed by atoms with Crippen LogP contribution in [0, 0.1) is 13.8 Å². The van der Waals surface area contributed by atoms with Gasteiger partial charge in [-0.2, -0.15) is 0 Å². The number of aryl methyl sites for hydroxylation is 2. The van der Waals surface area contributed by atoms with Gasteiger partial charge in [0.15, 0.2) is 0 Å². The summed E-state index contributed by atoms with van der Waals surface area (Å²) in [5, 5.41) is 0.473. The van der Waals surface area contributed by atoms with Crippen LogP contribution in [0.5, 0.6) is 0 Å². The second-order valence-corrected chi connectivity index (χ2v) is 10.6. The minimum absolute atomic E-state index is 0.0910. The zero-order chi connectivity index (χ0) is 22.0. The third-order valence-corrected chi connectivity index (χ3v) is 8.28. The van der Waals surface area contributed by atoms with E-state index in [1.165, 1.54) is 11.8 Å². The van der Waals surface area contributed by atoms with Gasteiger partial charge >= 0.3 is 0 Å². The SMILES string of the molecule is Cc1sc2nc(CSC(C)C(=O)N3CCCCCC3c3ccncc3)[nH]c(=O)c2c1C. The molecule has 3 aromatic rings. The number of pyridine rings is 1. The van der Waals surface area contributed by atoms with Crippen molar-refractivity contribution in [3.05, 3.63) is 56.7 Å². The third kappa shape index (κ3) is 4.70. The number of thiophene rings is 1. The molecule has 0 bridgehead atoms. The van der Waals surface area contributed by atoms with Gasteiger partial charge in [0, 0.05) is 23.8 Å². The van der Waals surface area contributed by atoms with Crippen molar-refractivity contribution in [3.8, 4) is 0 Å². The number of amides is 1. The van der Waals surface area contributed by atoms with Gasteiger partial charge in [0.05, 0.1) is 22.4 Å². The molecule has 6 nitrogen and oxygen atoms in total. The summed E-state index contributed by atoms with van der Waals surface area (Å²) in [6.45, 7) is 6.71. The van der Waals surface area contributed by atoms with Gasteiger partial charge in [-0.15, -0.1) is 23.1 Å². The Morgan fingerprint density at radius 3 is 2.84 bits per heavy atom. The molecule has 164 valence electrons. The van der Waals surface area contributed by atoms with Gasteiger partial charge in [-0.3, -0.25) is 14.6 Å². The highest BCUT2D eigenvalue weighted by Gasteiger charge is 2.30. The molecule has 2 unspecified atom stereocenters. The van der Waals surface area contributed by atoms with E-state index in [1.807, 2.05) is 37.8 Å². The summed E-state index contributed by atoms with van der Waals surface area (Å²) in [5.41, 5.74) is 2.06. The highest BCUT2D eigenvalue weighted by atomic mass is 32.2. The quantitative estimate of drug-likeness (QED) is 0.599. The number of nitrogens with one attached hydrogen (secondary N) is 1. The first-order valence-corrected chi connectivity index (χ1v) is 12.6. The lowest BCUT2D eigenvalue weighted by atomic mass is 10.0. The number of likely N-dealkylation sites (tertiary alicyclic amines) is 1. The Morgan fingerprint density at radius 1 is 1.29 bits per heavy atom. The van der Waals surface area contributed by atoms with Crippen LogP contribution in [0.3, 0.4) is 0 Å². The van der Waals surface area contributed by atoms with Crippen molar-refractivity contribution in [2.75, 3.05) is 6.54 Å². The topological polar surface area (TPSA) is 79.0 Å². The number of hydrogen-bond acceptors (Lipinski definition) is 6. The number of aromatic nitrogens is 3. The van der Waals surface area contributed by atoms with Crippen LogP contribution in [-0.4, -0.2) is 37.6 Å². The molecule has 3 aromatic heterocycles. The number of rotatable bonds is 5. The van der Waals surface area contributed by atoms with E-state index in [4.69, 9.17) is 0 Å². The van der Waals surface area contributed by atoms with Crippen LogP contribution >= 0.6 is 23.1 Å². The highest BCUT2D eigenvalue weighted by molar-refractivity contribution is 7.99. The van der Waals surface area contributed by atoms with E-state index in [9.17, 15) is 9.59 Å². The molecule has 4 rings (SSSR count). The normalized spacial score (nSPS) is 18.2. The molecule has 2 atom stereocenters. The second kappa shape index (κ2) is 9.53. The van der Waals surface area contributed by atoms with Crippen LogP contribution in [0.1, 0.15) is 60.5 Å². The van der Waals surface area contributed by atoms with Crippen molar-refractivity contribution < 1.29 is 4.79 Å². The summed E-state index contributed by atoms with van der Waals surface area (Å²) in [5.74, 6) is 1.28. The molecule has 1 saturated heterocycles. The van der Waals surface area contributed by atoms with Gasteiger partial charge in [-0.25, -0.2) is 4.98 Å². The van der Waals surface area contributed by atoms with Gasteiger partial charge in [0.1, 0.15) is 10.7 Å². The molecular weight excluding hydrogens is 428 g/mol. The Bertz CT molecular complexity index is 1130. The molecule has 0 aliphatic carbocycles. The molecule has 1 N–H and O–H groups in total. The molecule has 31 heavy (non-hydrogen) atoms. The zero-order valence-corrected chi connectivity index (χ0v) is 19.8. The lowest BCUT2D eigenvalue weighted by Crippen LogP contribution is -2.39. The first-order chi connectivity index (χ1) is 15.0. The second-order valence-electron chi connectivity index (χ2n) is 8.11. The van der Waals surface area contributed by atoms with Crippen LogP contribution in [0.2, 0.25) is 0 Å². The molecule has 0 radical (unpaired) electrons. The first-order valence-electron chi connectivity index (χ1n) is 10.8. The summed E-state index contributed by atoms with van der Waals surface area (Å²) in [7, 11) is 0. The van der Waals surface area contributed by atoms with Crippen molar-refractivity contribution in [2.45, 2.75) is 63.5 Å². The van der Waals surface area contributed by atoms with Crippen LogP contribution in [0.15, 0.2) is 29.3 Å². The predicted molar refractivity (Wildman–Crippen MR) is 128 cm³/mol. The fourth-order valence-electron chi connectivity index (χ4n) is 4.18. The summed E-state index contributed by atoms with van der Waals surface area (Å²) >= 11 is 3.08. The number of aromatic amines is 1. The summed E-state index contributed by atoms with van der Waals surface area (Å²) in [6, 6.07) is 4.14. The highest BCUT2D eigenvalue weighted by Crippen LogP contribution is 2.32. The van der Waals surface area contributed by atoms with E-state index in [1.54, 1.807) is 23.7 Å². The van der Waals surface area contributed by atoms with Crippen molar-refractivity contribution in [1.29, 1.82) is 0 Å². The smallest absolute Gasteiger partial charge is 0.259 e. The van der Waals surface area contributed by atoms with Crippen LogP contribution in [-0.2, 0) is 10.5 Å². The number of nitrogens with zero attached hydrogens (tertiary/aromatic N) is 3. The molecule has 1 aliphatic heterocycles. The number of carbonyl (C=O) groups is 1. The lowest BCUT2D eigenvalue weighted by Gasteiger charge is -2.32. The summed E-state index contributed by atoms with van der Waals surface area (Å²) in [6.07, 6.45) is 7.89. The number of hydrogen-bond donors (Lipinski definition) is 1. The third-order valence-electron chi connectivity index (χ3n) is 6.03. The van der Waals surface area contributed by atoms with E-state index >= 15 is 0 Å². The Labute approximate surface area is 190 Å². The monoisotopic (exact) mass is 456 g/mol. The molecule has 0 spiro atoms. The van der Waals surface area contributed by atoms with Gasteiger partial charge in [0.25, 0.3) is 5.56 Å². The largest absolute Gasteiger partial charge is 0.335 e. The van der Waals surface area contributed by atoms with E-state index in [2.05, 4.69) is 15.0 Å². The van der Waals surface area contributed by atoms with Crippen LogP contribution in [0.25, 0.3) is 10.2 Å². The predicted octanol–water partition coefficient (Wildman–Crippen LogP) is 4.76. The maximum absolute atomic E-state index is 13.4.